The normalized spacial score (nSPS) is 15.4. The number of nitrogens with one attached hydrogen (secondary N) is 1. The Morgan fingerprint density at radius 1 is 1.50 bits per heavy atom. The van der Waals surface area contributed by atoms with Gasteiger partial charge in [-0.2, -0.15) is 4.37 Å². The van der Waals surface area contributed by atoms with Crippen molar-refractivity contribution in [3.8, 4) is 0 Å². The highest BCUT2D eigenvalue weighted by atomic mass is 32.1. The second kappa shape index (κ2) is 6.09. The first kappa shape index (κ1) is 11.6. The van der Waals surface area contributed by atoms with Gasteiger partial charge in [-0.3, -0.25) is 0 Å². The highest BCUT2D eigenvalue weighted by Crippen LogP contribution is 2.23. The van der Waals surface area contributed by atoms with Crippen LogP contribution < -0.4 is 5.32 Å². The standard InChI is InChI=1S/C10H19N3S/c1-4-6-11-8(3)9(5-2)10-12-7-13-14-10/h7-9,11H,4-6H2,1-3H3. The summed E-state index contributed by atoms with van der Waals surface area (Å²) in [6.45, 7) is 7.70. The van der Waals surface area contributed by atoms with E-state index in [1.54, 1.807) is 6.33 Å². The van der Waals surface area contributed by atoms with E-state index in [2.05, 4.69) is 35.4 Å². The average molecular weight is 213 g/mol. The van der Waals surface area contributed by atoms with Gasteiger partial charge in [-0.05, 0) is 37.8 Å². The number of aromatic nitrogens is 2. The summed E-state index contributed by atoms with van der Waals surface area (Å²) >= 11 is 1.52. The fraction of sp³-hybridized carbons (Fsp3) is 0.800. The lowest BCUT2D eigenvalue weighted by Gasteiger charge is -2.21. The highest BCUT2D eigenvalue weighted by molar-refractivity contribution is 7.05. The predicted octanol–water partition coefficient (Wildman–Crippen LogP) is 2.42. The molecule has 1 N–H and O–H groups in total. The Balaban J connectivity index is 2.53. The summed E-state index contributed by atoms with van der Waals surface area (Å²) < 4.78 is 4.06. The van der Waals surface area contributed by atoms with Crippen molar-refractivity contribution in [1.29, 1.82) is 0 Å². The van der Waals surface area contributed by atoms with Crippen LogP contribution in [0.3, 0.4) is 0 Å². The van der Waals surface area contributed by atoms with Crippen molar-refractivity contribution in [2.45, 2.75) is 45.6 Å². The molecule has 0 aliphatic heterocycles. The summed E-state index contributed by atoms with van der Waals surface area (Å²) in [6, 6.07) is 0.493. The first-order chi connectivity index (χ1) is 6.79. The van der Waals surface area contributed by atoms with Crippen molar-refractivity contribution in [2.24, 2.45) is 0 Å². The molecule has 2 atom stereocenters. The molecule has 4 heteroatoms. The zero-order valence-corrected chi connectivity index (χ0v) is 9.97. The Hall–Kier alpha value is -0.480. The minimum absolute atomic E-state index is 0.493. The SMILES string of the molecule is CCCNC(C)C(CC)c1ncns1. The molecule has 0 radical (unpaired) electrons. The molecule has 1 rings (SSSR count). The third-order valence-electron chi connectivity index (χ3n) is 2.46. The van der Waals surface area contributed by atoms with Crippen LogP contribution in [0.5, 0.6) is 0 Å². The topological polar surface area (TPSA) is 37.8 Å². The van der Waals surface area contributed by atoms with Crippen LogP contribution in [0.1, 0.15) is 44.5 Å². The van der Waals surface area contributed by atoms with Gasteiger partial charge < -0.3 is 5.32 Å². The Labute approximate surface area is 90.1 Å². The van der Waals surface area contributed by atoms with Gasteiger partial charge in [0, 0.05) is 12.0 Å². The zero-order chi connectivity index (χ0) is 10.4. The fourth-order valence-electron chi connectivity index (χ4n) is 1.60. The number of hydrogen-bond donors (Lipinski definition) is 1. The number of rotatable bonds is 6. The summed E-state index contributed by atoms with van der Waals surface area (Å²) in [5.41, 5.74) is 0. The van der Waals surface area contributed by atoms with Gasteiger partial charge >= 0.3 is 0 Å². The van der Waals surface area contributed by atoms with E-state index in [4.69, 9.17) is 0 Å². The molecule has 0 bridgehead atoms. The molecule has 0 spiro atoms. The van der Waals surface area contributed by atoms with E-state index in [1.165, 1.54) is 18.0 Å². The lowest BCUT2D eigenvalue weighted by atomic mass is 9.99. The summed E-state index contributed by atoms with van der Waals surface area (Å²) in [5, 5.41) is 4.67. The van der Waals surface area contributed by atoms with Crippen LogP contribution in [0.2, 0.25) is 0 Å². The smallest absolute Gasteiger partial charge is 0.129 e. The maximum atomic E-state index is 4.28. The van der Waals surface area contributed by atoms with Crippen LogP contribution in [0, 0.1) is 0 Å². The lowest BCUT2D eigenvalue weighted by molar-refractivity contribution is 0.449. The van der Waals surface area contributed by atoms with Crippen molar-refractivity contribution >= 4 is 11.5 Å². The molecule has 0 aliphatic rings. The molecule has 0 aromatic carbocycles. The maximum absolute atomic E-state index is 4.28. The fourth-order valence-corrected chi connectivity index (χ4v) is 2.40. The van der Waals surface area contributed by atoms with Crippen molar-refractivity contribution in [2.75, 3.05) is 6.54 Å². The van der Waals surface area contributed by atoms with E-state index >= 15 is 0 Å². The van der Waals surface area contributed by atoms with Crippen molar-refractivity contribution < 1.29 is 0 Å². The Morgan fingerprint density at radius 3 is 2.79 bits per heavy atom. The molecule has 0 amide bonds. The van der Waals surface area contributed by atoms with E-state index in [0.29, 0.717) is 12.0 Å². The number of hydrogen-bond acceptors (Lipinski definition) is 4. The van der Waals surface area contributed by atoms with Crippen molar-refractivity contribution in [3.63, 3.8) is 0 Å². The molecule has 80 valence electrons. The molecular weight excluding hydrogens is 194 g/mol. The Kier molecular flexibility index (Phi) is 5.04. The van der Waals surface area contributed by atoms with Crippen LogP contribution in [-0.2, 0) is 0 Å². The molecule has 1 aromatic heterocycles. The van der Waals surface area contributed by atoms with Crippen LogP contribution >= 0.6 is 11.5 Å². The van der Waals surface area contributed by atoms with Crippen molar-refractivity contribution in [1.82, 2.24) is 14.7 Å². The molecule has 0 aliphatic carbocycles. The first-order valence-electron chi connectivity index (χ1n) is 5.29. The van der Waals surface area contributed by atoms with E-state index in [-0.39, 0.29) is 0 Å². The summed E-state index contributed by atoms with van der Waals surface area (Å²) in [7, 11) is 0. The molecule has 2 unspecified atom stereocenters. The van der Waals surface area contributed by atoms with E-state index < -0.39 is 0 Å². The number of nitrogens with zero attached hydrogens (tertiary/aromatic N) is 2. The maximum Gasteiger partial charge on any atom is 0.129 e. The van der Waals surface area contributed by atoms with Gasteiger partial charge in [-0.1, -0.05) is 13.8 Å². The first-order valence-corrected chi connectivity index (χ1v) is 6.06. The quantitative estimate of drug-likeness (QED) is 0.788. The molecule has 0 fully saturated rings. The molecule has 14 heavy (non-hydrogen) atoms. The van der Waals surface area contributed by atoms with Gasteiger partial charge in [0.25, 0.3) is 0 Å². The third-order valence-corrected chi connectivity index (χ3v) is 3.25. The van der Waals surface area contributed by atoms with E-state index in [9.17, 15) is 0 Å². The van der Waals surface area contributed by atoms with Gasteiger partial charge in [-0.25, -0.2) is 4.98 Å². The van der Waals surface area contributed by atoms with Gasteiger partial charge in [0.1, 0.15) is 11.3 Å². The summed E-state index contributed by atoms with van der Waals surface area (Å²) in [5.74, 6) is 0.508. The van der Waals surface area contributed by atoms with Crippen LogP contribution in [0.15, 0.2) is 6.33 Å². The molecule has 0 saturated carbocycles. The van der Waals surface area contributed by atoms with Gasteiger partial charge in [-0.15, -0.1) is 0 Å². The minimum atomic E-state index is 0.493. The summed E-state index contributed by atoms with van der Waals surface area (Å²) in [4.78, 5) is 4.28. The molecule has 3 nitrogen and oxygen atoms in total. The summed E-state index contributed by atoms with van der Waals surface area (Å²) in [6.07, 6.45) is 3.94. The second-order valence-corrected chi connectivity index (χ2v) is 4.35. The highest BCUT2D eigenvalue weighted by Gasteiger charge is 2.19. The Bertz CT molecular complexity index is 236. The van der Waals surface area contributed by atoms with E-state index in [1.807, 2.05) is 0 Å². The van der Waals surface area contributed by atoms with Gasteiger partial charge in [0.05, 0.1) is 0 Å². The van der Waals surface area contributed by atoms with Gasteiger partial charge in [0.15, 0.2) is 0 Å². The van der Waals surface area contributed by atoms with Gasteiger partial charge in [0.2, 0.25) is 0 Å². The molecular formula is C10H19N3S. The van der Waals surface area contributed by atoms with Crippen LogP contribution in [0.4, 0.5) is 0 Å². The van der Waals surface area contributed by atoms with E-state index in [0.717, 1.165) is 18.0 Å². The lowest BCUT2D eigenvalue weighted by Crippen LogP contribution is -2.32. The largest absolute Gasteiger partial charge is 0.314 e. The second-order valence-electron chi connectivity index (χ2n) is 3.54. The van der Waals surface area contributed by atoms with Crippen molar-refractivity contribution in [3.05, 3.63) is 11.3 Å². The molecule has 1 aromatic rings. The zero-order valence-electron chi connectivity index (χ0n) is 9.16. The third kappa shape index (κ3) is 3.03. The van der Waals surface area contributed by atoms with Crippen LogP contribution in [-0.4, -0.2) is 21.9 Å². The molecule has 0 saturated heterocycles. The van der Waals surface area contributed by atoms with Crippen LogP contribution in [0.25, 0.3) is 0 Å². The monoisotopic (exact) mass is 213 g/mol. The molecule has 1 heterocycles. The minimum Gasteiger partial charge on any atom is -0.314 e. The average Bonchev–Trinajstić information content (AvgIpc) is 2.69. The predicted molar refractivity (Wildman–Crippen MR) is 60.7 cm³/mol. The Morgan fingerprint density at radius 2 is 2.29 bits per heavy atom.